The number of ether oxygens (including phenoxy) is 1. The number of para-hydroxylation sites is 1. The summed E-state index contributed by atoms with van der Waals surface area (Å²) >= 11 is 1.31. The zero-order valence-corrected chi connectivity index (χ0v) is 17.2. The standard InChI is InChI=1S/C22H24N2O3S/c1-15-9-10-17(16(2)13-15)20(25)14-28-22-23-19-8-5-4-7-18(19)21(26)24(22)11-6-12-27-3/h4-5,7-10,13H,6,11-12,14H2,1-3H3. The Morgan fingerprint density at radius 3 is 2.71 bits per heavy atom. The number of carbonyl (C=O) groups excluding carboxylic acids is 1. The summed E-state index contributed by atoms with van der Waals surface area (Å²) in [6.07, 6.45) is 0.703. The van der Waals surface area contributed by atoms with Gasteiger partial charge in [-0.2, -0.15) is 0 Å². The topological polar surface area (TPSA) is 61.2 Å². The highest BCUT2D eigenvalue weighted by Gasteiger charge is 2.15. The number of methoxy groups -OCH3 is 1. The second-order valence-electron chi connectivity index (χ2n) is 6.74. The number of hydrogen-bond donors (Lipinski definition) is 0. The number of aryl methyl sites for hydroxylation is 2. The summed E-state index contributed by atoms with van der Waals surface area (Å²) in [5.74, 6) is 0.271. The number of carbonyl (C=O) groups is 1. The van der Waals surface area contributed by atoms with Crippen molar-refractivity contribution in [1.29, 1.82) is 0 Å². The van der Waals surface area contributed by atoms with E-state index in [2.05, 4.69) is 4.98 Å². The molecule has 0 unspecified atom stereocenters. The first-order chi connectivity index (χ1) is 13.5. The second-order valence-corrected chi connectivity index (χ2v) is 7.69. The highest BCUT2D eigenvalue weighted by molar-refractivity contribution is 7.99. The van der Waals surface area contributed by atoms with Gasteiger partial charge in [0.25, 0.3) is 5.56 Å². The summed E-state index contributed by atoms with van der Waals surface area (Å²) in [6.45, 7) is 5.02. The Balaban J connectivity index is 1.89. The number of benzene rings is 2. The minimum absolute atomic E-state index is 0.0355. The van der Waals surface area contributed by atoms with Crippen LogP contribution in [0.4, 0.5) is 0 Å². The van der Waals surface area contributed by atoms with Crippen LogP contribution in [0.3, 0.4) is 0 Å². The van der Waals surface area contributed by atoms with Crippen molar-refractivity contribution in [3.8, 4) is 0 Å². The molecule has 3 aromatic rings. The van der Waals surface area contributed by atoms with Gasteiger partial charge in [-0.25, -0.2) is 4.98 Å². The molecule has 0 fully saturated rings. The van der Waals surface area contributed by atoms with E-state index in [4.69, 9.17) is 4.74 Å². The number of aromatic nitrogens is 2. The van der Waals surface area contributed by atoms with Gasteiger partial charge < -0.3 is 4.74 Å². The molecular formula is C22H24N2O3S. The van der Waals surface area contributed by atoms with Crippen LogP contribution in [0.25, 0.3) is 10.9 Å². The molecule has 28 heavy (non-hydrogen) atoms. The van der Waals surface area contributed by atoms with E-state index in [1.807, 2.05) is 50.2 Å². The van der Waals surface area contributed by atoms with Crippen molar-refractivity contribution in [2.75, 3.05) is 19.5 Å². The highest BCUT2D eigenvalue weighted by atomic mass is 32.2. The minimum Gasteiger partial charge on any atom is -0.385 e. The van der Waals surface area contributed by atoms with E-state index in [1.165, 1.54) is 11.8 Å². The van der Waals surface area contributed by atoms with Crippen molar-refractivity contribution in [1.82, 2.24) is 9.55 Å². The zero-order valence-electron chi connectivity index (χ0n) is 16.4. The average molecular weight is 397 g/mol. The normalized spacial score (nSPS) is 11.1. The number of hydrogen-bond acceptors (Lipinski definition) is 5. The van der Waals surface area contributed by atoms with Crippen LogP contribution < -0.4 is 5.56 Å². The van der Waals surface area contributed by atoms with Crippen molar-refractivity contribution < 1.29 is 9.53 Å². The Bertz CT molecular complexity index is 1060. The molecule has 0 radical (unpaired) electrons. The molecule has 0 bridgehead atoms. The SMILES string of the molecule is COCCCn1c(SCC(=O)c2ccc(C)cc2C)nc2ccccc2c1=O. The lowest BCUT2D eigenvalue weighted by atomic mass is 10.0. The number of Topliss-reactive ketones (excluding diaryl/α,β-unsaturated/α-hetero) is 1. The summed E-state index contributed by atoms with van der Waals surface area (Å²) in [5.41, 5.74) is 3.38. The van der Waals surface area contributed by atoms with Crippen LogP contribution in [0.2, 0.25) is 0 Å². The van der Waals surface area contributed by atoms with Crippen LogP contribution in [0.5, 0.6) is 0 Å². The van der Waals surface area contributed by atoms with E-state index in [-0.39, 0.29) is 17.1 Å². The van der Waals surface area contributed by atoms with E-state index < -0.39 is 0 Å². The van der Waals surface area contributed by atoms with Gasteiger partial charge in [-0.05, 0) is 38.0 Å². The predicted octanol–water partition coefficient (Wildman–Crippen LogP) is 4.02. The molecule has 0 aliphatic heterocycles. The molecule has 0 spiro atoms. The van der Waals surface area contributed by atoms with Crippen LogP contribution in [0.15, 0.2) is 52.4 Å². The fourth-order valence-electron chi connectivity index (χ4n) is 3.16. The van der Waals surface area contributed by atoms with Gasteiger partial charge in [0.1, 0.15) is 0 Å². The van der Waals surface area contributed by atoms with E-state index >= 15 is 0 Å². The van der Waals surface area contributed by atoms with Crippen LogP contribution in [0, 0.1) is 13.8 Å². The lowest BCUT2D eigenvalue weighted by Crippen LogP contribution is -2.24. The third kappa shape index (κ3) is 4.51. The number of ketones is 1. The molecule has 1 heterocycles. The monoisotopic (exact) mass is 396 g/mol. The van der Waals surface area contributed by atoms with Gasteiger partial charge in [-0.15, -0.1) is 0 Å². The van der Waals surface area contributed by atoms with Crippen molar-refractivity contribution in [2.24, 2.45) is 0 Å². The second kappa shape index (κ2) is 9.17. The molecule has 0 aliphatic rings. The van der Waals surface area contributed by atoms with E-state index in [1.54, 1.807) is 17.7 Å². The number of rotatable bonds is 8. The van der Waals surface area contributed by atoms with Crippen LogP contribution in [-0.2, 0) is 11.3 Å². The predicted molar refractivity (Wildman–Crippen MR) is 113 cm³/mol. The molecule has 0 aliphatic carbocycles. The smallest absolute Gasteiger partial charge is 0.262 e. The molecule has 0 saturated carbocycles. The van der Waals surface area contributed by atoms with Gasteiger partial charge >= 0.3 is 0 Å². The maximum atomic E-state index is 12.9. The van der Waals surface area contributed by atoms with Gasteiger partial charge in [-0.3, -0.25) is 14.2 Å². The molecule has 0 N–H and O–H groups in total. The molecule has 2 aromatic carbocycles. The van der Waals surface area contributed by atoms with Crippen molar-refractivity contribution in [3.05, 3.63) is 69.5 Å². The maximum Gasteiger partial charge on any atom is 0.262 e. The summed E-state index contributed by atoms with van der Waals surface area (Å²) in [4.78, 5) is 30.3. The summed E-state index contributed by atoms with van der Waals surface area (Å²) in [6, 6.07) is 13.1. The van der Waals surface area contributed by atoms with Crippen LogP contribution >= 0.6 is 11.8 Å². The van der Waals surface area contributed by atoms with E-state index in [9.17, 15) is 9.59 Å². The van der Waals surface area contributed by atoms with Crippen molar-refractivity contribution >= 4 is 28.4 Å². The molecule has 0 amide bonds. The van der Waals surface area contributed by atoms with Crippen molar-refractivity contribution in [3.63, 3.8) is 0 Å². The van der Waals surface area contributed by atoms with Crippen molar-refractivity contribution in [2.45, 2.75) is 32.0 Å². The molecule has 6 heteroatoms. The minimum atomic E-state index is -0.0804. The lowest BCUT2D eigenvalue weighted by molar-refractivity contribution is 0.102. The Morgan fingerprint density at radius 2 is 1.96 bits per heavy atom. The Hall–Kier alpha value is -2.44. The number of fused-ring (bicyclic) bond motifs is 1. The first-order valence-corrected chi connectivity index (χ1v) is 10.2. The number of nitrogens with zero attached hydrogens (tertiary/aromatic N) is 2. The van der Waals surface area contributed by atoms with Gasteiger partial charge in [0.2, 0.25) is 0 Å². The average Bonchev–Trinajstić information content (AvgIpc) is 2.68. The fraction of sp³-hybridized carbons (Fsp3) is 0.318. The Labute approximate surface area is 168 Å². The summed E-state index contributed by atoms with van der Waals surface area (Å²) in [5, 5.41) is 1.16. The highest BCUT2D eigenvalue weighted by Crippen LogP contribution is 2.21. The van der Waals surface area contributed by atoms with Gasteiger partial charge in [0, 0.05) is 25.8 Å². The Morgan fingerprint density at radius 1 is 1.18 bits per heavy atom. The molecule has 5 nitrogen and oxygen atoms in total. The lowest BCUT2D eigenvalue weighted by Gasteiger charge is -2.13. The van der Waals surface area contributed by atoms with Crippen LogP contribution in [0.1, 0.15) is 27.9 Å². The molecular weight excluding hydrogens is 372 g/mol. The van der Waals surface area contributed by atoms with Crippen LogP contribution in [-0.4, -0.2) is 34.8 Å². The van der Waals surface area contributed by atoms with Gasteiger partial charge in [0.05, 0.1) is 16.7 Å². The van der Waals surface area contributed by atoms with Gasteiger partial charge in [0.15, 0.2) is 10.9 Å². The molecule has 146 valence electrons. The molecule has 0 atom stereocenters. The summed E-state index contributed by atoms with van der Waals surface area (Å²) in [7, 11) is 1.64. The first-order valence-electron chi connectivity index (χ1n) is 9.23. The van der Waals surface area contributed by atoms with E-state index in [0.29, 0.717) is 41.2 Å². The van der Waals surface area contributed by atoms with E-state index in [0.717, 1.165) is 11.1 Å². The summed E-state index contributed by atoms with van der Waals surface area (Å²) < 4.78 is 6.77. The largest absolute Gasteiger partial charge is 0.385 e. The number of thioether (sulfide) groups is 1. The zero-order chi connectivity index (χ0) is 20.1. The fourth-order valence-corrected chi connectivity index (χ4v) is 4.06. The molecule has 0 saturated heterocycles. The third-order valence-corrected chi connectivity index (χ3v) is 5.55. The van der Waals surface area contributed by atoms with Gasteiger partial charge in [-0.1, -0.05) is 47.7 Å². The third-order valence-electron chi connectivity index (χ3n) is 4.57. The maximum absolute atomic E-state index is 12.9. The quantitative estimate of drug-likeness (QED) is 0.249. The Kier molecular flexibility index (Phi) is 6.65. The molecule has 1 aromatic heterocycles. The molecule has 3 rings (SSSR count). The first kappa shape index (κ1) is 20.3.